The van der Waals surface area contributed by atoms with Gasteiger partial charge in [0.1, 0.15) is 22.1 Å². The minimum absolute atomic E-state index is 0.236. The fourth-order valence-electron chi connectivity index (χ4n) is 4.27. The monoisotopic (exact) mass is 476 g/mol. The summed E-state index contributed by atoms with van der Waals surface area (Å²) >= 11 is 1.71. The summed E-state index contributed by atoms with van der Waals surface area (Å²) in [6, 6.07) is 13.0. The highest BCUT2D eigenvalue weighted by Crippen LogP contribution is 2.37. The number of hydrogen-bond acceptors (Lipinski definition) is 8. The molecule has 0 saturated carbocycles. The molecule has 1 aromatic carbocycles. The lowest BCUT2D eigenvalue weighted by atomic mass is 9.97. The van der Waals surface area contributed by atoms with Gasteiger partial charge >= 0.3 is 5.88 Å². The Morgan fingerprint density at radius 3 is 2.74 bits per heavy atom. The van der Waals surface area contributed by atoms with E-state index in [1.807, 2.05) is 43.3 Å². The molecule has 0 unspecified atom stereocenters. The maximum Gasteiger partial charge on any atom is 0.433 e. The van der Waals surface area contributed by atoms with Crippen LogP contribution in [0.2, 0.25) is 0 Å². The number of piperidine rings is 1. The Morgan fingerprint density at radius 2 is 2.00 bits per heavy atom. The normalized spacial score (nSPS) is 15.3. The summed E-state index contributed by atoms with van der Waals surface area (Å²) in [7, 11) is 0. The first-order chi connectivity index (χ1) is 16.6. The first kappa shape index (κ1) is 22.2. The number of thiazole rings is 1. The van der Waals surface area contributed by atoms with Gasteiger partial charge in [-0.2, -0.15) is 0 Å². The van der Waals surface area contributed by atoms with Crippen LogP contribution in [0.3, 0.4) is 0 Å². The molecule has 9 heteroatoms. The summed E-state index contributed by atoms with van der Waals surface area (Å²) < 4.78 is 10.7. The van der Waals surface area contributed by atoms with Crippen LogP contribution in [0.5, 0.6) is 0 Å². The minimum Gasteiger partial charge on any atom is -0.401 e. The third-order valence-electron chi connectivity index (χ3n) is 6.06. The molecule has 4 aromatic rings. The number of furan rings is 1. The molecule has 0 atom stereocenters. The average Bonchev–Trinajstić information content (AvgIpc) is 3.60. The molecule has 0 aliphatic carbocycles. The van der Waals surface area contributed by atoms with Crippen molar-refractivity contribution in [3.63, 3.8) is 0 Å². The summed E-state index contributed by atoms with van der Waals surface area (Å²) in [6.07, 6.45) is 5.87. The average molecular weight is 477 g/mol. The molecule has 0 spiro atoms. The first-order valence-corrected chi connectivity index (χ1v) is 12.1. The van der Waals surface area contributed by atoms with E-state index < -0.39 is 4.92 Å². The predicted molar refractivity (Wildman–Crippen MR) is 131 cm³/mol. The van der Waals surface area contributed by atoms with Crippen LogP contribution in [0.4, 0.5) is 5.88 Å². The van der Waals surface area contributed by atoms with Crippen LogP contribution in [0.1, 0.15) is 35.3 Å². The van der Waals surface area contributed by atoms with Crippen LogP contribution in [-0.2, 0) is 0 Å². The number of nitro groups is 1. The molecule has 3 aromatic heterocycles. The van der Waals surface area contributed by atoms with Crippen molar-refractivity contribution < 1.29 is 13.9 Å². The number of hydrogen-bond donors (Lipinski definition) is 0. The maximum atomic E-state index is 10.7. The van der Waals surface area contributed by atoms with Crippen molar-refractivity contribution >= 4 is 23.3 Å². The number of aromatic nitrogens is 2. The summed E-state index contributed by atoms with van der Waals surface area (Å²) in [5.41, 5.74) is 3.75. The Kier molecular flexibility index (Phi) is 6.37. The molecule has 5 rings (SSSR count). The molecule has 0 amide bonds. The molecule has 0 radical (unpaired) electrons. The van der Waals surface area contributed by atoms with Gasteiger partial charge in [0.05, 0.1) is 22.3 Å². The Labute approximate surface area is 200 Å². The molecular weight excluding hydrogens is 452 g/mol. The van der Waals surface area contributed by atoms with Crippen molar-refractivity contribution in [2.45, 2.75) is 25.7 Å². The van der Waals surface area contributed by atoms with Gasteiger partial charge in [0.15, 0.2) is 0 Å². The molecule has 174 valence electrons. The number of rotatable bonds is 7. The van der Waals surface area contributed by atoms with Crippen LogP contribution in [0, 0.1) is 17.0 Å². The SMILES string of the molecule is Cc1onc(-c2ccccc2)c1-c1csc(C2CCN(CC=Cc3ccc([N+](=O)[O-])o3)CC2)n1. The molecule has 1 aliphatic rings. The molecule has 0 N–H and O–H groups in total. The fraction of sp³-hybridized carbons (Fsp3) is 0.280. The second kappa shape index (κ2) is 9.74. The van der Waals surface area contributed by atoms with Gasteiger partial charge < -0.3 is 8.94 Å². The third-order valence-corrected chi connectivity index (χ3v) is 7.07. The Bertz CT molecular complexity index is 1300. The Balaban J connectivity index is 1.20. The maximum absolute atomic E-state index is 10.7. The van der Waals surface area contributed by atoms with Gasteiger partial charge in [-0.15, -0.1) is 11.3 Å². The van der Waals surface area contributed by atoms with Gasteiger partial charge in [-0.1, -0.05) is 41.6 Å². The van der Waals surface area contributed by atoms with E-state index in [1.165, 1.54) is 6.07 Å². The second-order valence-electron chi connectivity index (χ2n) is 8.31. The quantitative estimate of drug-likeness (QED) is 0.232. The molecule has 1 fully saturated rings. The molecule has 34 heavy (non-hydrogen) atoms. The fourth-order valence-corrected chi connectivity index (χ4v) is 5.25. The van der Waals surface area contributed by atoms with Crippen molar-refractivity contribution in [3.05, 3.63) is 80.6 Å². The molecule has 1 aliphatic heterocycles. The smallest absolute Gasteiger partial charge is 0.401 e. The van der Waals surface area contributed by atoms with E-state index in [0.29, 0.717) is 11.7 Å². The van der Waals surface area contributed by atoms with E-state index in [4.69, 9.17) is 13.9 Å². The van der Waals surface area contributed by atoms with Gasteiger partial charge in [0, 0.05) is 23.4 Å². The van der Waals surface area contributed by atoms with Crippen LogP contribution in [0.25, 0.3) is 28.6 Å². The highest BCUT2D eigenvalue weighted by Gasteiger charge is 2.25. The van der Waals surface area contributed by atoms with Crippen molar-refractivity contribution in [1.29, 1.82) is 0 Å². The van der Waals surface area contributed by atoms with Crippen molar-refractivity contribution in [2.75, 3.05) is 19.6 Å². The first-order valence-electron chi connectivity index (χ1n) is 11.2. The van der Waals surface area contributed by atoms with Crippen LogP contribution < -0.4 is 0 Å². The standard InChI is InChI=1S/C25H24N4O4S/c1-17-23(24(27-33-17)18-6-3-2-4-7-18)21-16-34-25(26-21)19-11-14-28(15-12-19)13-5-8-20-9-10-22(32-20)29(30)31/h2-10,16,19H,11-15H2,1H3. The van der Waals surface area contributed by atoms with Gasteiger partial charge in [-0.05, 0) is 45.0 Å². The van der Waals surface area contributed by atoms with E-state index >= 15 is 0 Å². The zero-order valence-electron chi connectivity index (χ0n) is 18.7. The summed E-state index contributed by atoms with van der Waals surface area (Å²) in [5.74, 6) is 1.47. The van der Waals surface area contributed by atoms with Gasteiger partial charge in [-0.3, -0.25) is 15.0 Å². The van der Waals surface area contributed by atoms with E-state index in [9.17, 15) is 10.1 Å². The van der Waals surface area contributed by atoms with E-state index in [-0.39, 0.29) is 5.88 Å². The Hall–Kier alpha value is -3.56. The van der Waals surface area contributed by atoms with Crippen LogP contribution in [0.15, 0.2) is 62.9 Å². The Morgan fingerprint density at radius 1 is 1.21 bits per heavy atom. The van der Waals surface area contributed by atoms with Crippen molar-refractivity contribution in [3.8, 4) is 22.5 Å². The second-order valence-corrected chi connectivity index (χ2v) is 9.20. The number of nitrogens with zero attached hydrogens (tertiary/aromatic N) is 4. The number of benzene rings is 1. The topological polar surface area (TPSA) is 98.4 Å². The van der Waals surface area contributed by atoms with Crippen molar-refractivity contribution in [1.82, 2.24) is 15.0 Å². The minimum atomic E-state index is -0.529. The lowest BCUT2D eigenvalue weighted by molar-refractivity contribution is -0.402. The molecule has 4 heterocycles. The third kappa shape index (κ3) is 4.71. The van der Waals surface area contributed by atoms with Crippen LogP contribution >= 0.6 is 11.3 Å². The molecule has 0 bridgehead atoms. The molecule has 8 nitrogen and oxygen atoms in total. The van der Waals surface area contributed by atoms with E-state index in [0.717, 1.165) is 65.8 Å². The van der Waals surface area contributed by atoms with E-state index in [1.54, 1.807) is 23.5 Å². The number of likely N-dealkylation sites (tertiary alicyclic amines) is 1. The zero-order valence-corrected chi connectivity index (χ0v) is 19.5. The predicted octanol–water partition coefficient (Wildman–Crippen LogP) is 6.17. The van der Waals surface area contributed by atoms with Crippen LogP contribution in [-0.4, -0.2) is 39.6 Å². The molecule has 1 saturated heterocycles. The number of aryl methyl sites for hydroxylation is 1. The van der Waals surface area contributed by atoms with Gasteiger partial charge in [-0.25, -0.2) is 4.98 Å². The van der Waals surface area contributed by atoms with E-state index in [2.05, 4.69) is 15.4 Å². The lowest BCUT2D eigenvalue weighted by Crippen LogP contribution is -2.32. The largest absolute Gasteiger partial charge is 0.433 e. The summed E-state index contributed by atoms with van der Waals surface area (Å²) in [4.78, 5) is 17.5. The van der Waals surface area contributed by atoms with Gasteiger partial charge in [0.25, 0.3) is 0 Å². The summed E-state index contributed by atoms with van der Waals surface area (Å²) in [6.45, 7) is 4.67. The molecular formula is C25H24N4O4S. The highest BCUT2D eigenvalue weighted by molar-refractivity contribution is 7.10. The lowest BCUT2D eigenvalue weighted by Gasteiger charge is -2.30. The van der Waals surface area contributed by atoms with Gasteiger partial charge in [0.2, 0.25) is 0 Å². The summed E-state index contributed by atoms with van der Waals surface area (Å²) in [5, 5.41) is 18.3. The zero-order chi connectivity index (χ0) is 23.5. The highest BCUT2D eigenvalue weighted by atomic mass is 32.1. The van der Waals surface area contributed by atoms with Crippen molar-refractivity contribution in [2.24, 2.45) is 0 Å².